The maximum absolute atomic E-state index is 3.42. The largest absolute Gasteiger partial charge is 0.314 e. The molecule has 0 spiro atoms. The van der Waals surface area contributed by atoms with E-state index in [1.54, 1.807) is 0 Å². The fraction of sp³-hybridized carbons (Fsp3) is 1.00. The lowest BCUT2D eigenvalue weighted by Gasteiger charge is -2.26. The van der Waals surface area contributed by atoms with Crippen LogP contribution in [0.25, 0.3) is 0 Å². The highest BCUT2D eigenvalue weighted by atomic mass is 79.9. The lowest BCUT2D eigenvalue weighted by atomic mass is 10.4. The van der Waals surface area contributed by atoms with Crippen LogP contribution in [-0.4, -0.2) is 43.0 Å². The van der Waals surface area contributed by atoms with Gasteiger partial charge in [0.1, 0.15) is 0 Å². The minimum absolute atomic E-state index is 0. The van der Waals surface area contributed by atoms with Crippen LogP contribution in [0.15, 0.2) is 0 Å². The second-order valence-electron chi connectivity index (χ2n) is 2.28. The zero-order chi connectivity index (χ0) is 6.53. The van der Waals surface area contributed by atoms with Gasteiger partial charge in [-0.3, -0.25) is 4.90 Å². The number of halogens is 2. The summed E-state index contributed by atoms with van der Waals surface area (Å²) in [4.78, 5) is 2.46. The van der Waals surface area contributed by atoms with Gasteiger partial charge in [-0.1, -0.05) is 15.9 Å². The molecule has 62 valence electrons. The summed E-state index contributed by atoms with van der Waals surface area (Å²) in [5.41, 5.74) is 0. The molecule has 1 N–H and O–H groups in total. The lowest BCUT2D eigenvalue weighted by Crippen LogP contribution is -2.44. The van der Waals surface area contributed by atoms with Gasteiger partial charge in [0.2, 0.25) is 0 Å². The van der Waals surface area contributed by atoms with Crippen molar-refractivity contribution in [1.82, 2.24) is 10.2 Å². The molecule has 1 rings (SSSR count). The van der Waals surface area contributed by atoms with Gasteiger partial charge in [-0.2, -0.15) is 0 Å². The van der Waals surface area contributed by atoms with Gasteiger partial charge in [-0.15, -0.1) is 12.4 Å². The molecular weight excluding hydrogens is 215 g/mol. The maximum atomic E-state index is 3.42. The Morgan fingerprint density at radius 2 is 1.90 bits per heavy atom. The normalized spacial score (nSPS) is 20.1. The van der Waals surface area contributed by atoms with Gasteiger partial charge in [-0.25, -0.2) is 0 Å². The molecular formula is C6H14BrClN2. The predicted octanol–water partition coefficient (Wildman–Crippen LogP) is 0.708. The first-order chi connectivity index (χ1) is 4.43. The molecule has 0 atom stereocenters. The molecule has 0 aromatic rings. The Balaban J connectivity index is 0.000000810. The molecule has 0 radical (unpaired) electrons. The Morgan fingerprint density at radius 1 is 1.30 bits per heavy atom. The average molecular weight is 230 g/mol. The number of nitrogens with zero attached hydrogens (tertiary/aromatic N) is 1. The van der Waals surface area contributed by atoms with Gasteiger partial charge >= 0.3 is 0 Å². The zero-order valence-corrected chi connectivity index (χ0v) is 8.38. The summed E-state index contributed by atoms with van der Waals surface area (Å²) in [6, 6.07) is 0. The third-order valence-electron chi connectivity index (χ3n) is 1.61. The highest BCUT2D eigenvalue weighted by Crippen LogP contribution is 1.92. The van der Waals surface area contributed by atoms with Crippen LogP contribution < -0.4 is 5.32 Å². The van der Waals surface area contributed by atoms with E-state index in [0.717, 1.165) is 18.4 Å². The maximum Gasteiger partial charge on any atom is 0.0159 e. The first-order valence-electron chi connectivity index (χ1n) is 3.42. The topological polar surface area (TPSA) is 15.3 Å². The number of piperazine rings is 1. The quantitative estimate of drug-likeness (QED) is 0.702. The third kappa shape index (κ3) is 3.76. The van der Waals surface area contributed by atoms with Gasteiger partial charge < -0.3 is 5.32 Å². The van der Waals surface area contributed by atoms with Crippen molar-refractivity contribution in [2.24, 2.45) is 0 Å². The molecule has 10 heavy (non-hydrogen) atoms. The van der Waals surface area contributed by atoms with Crippen molar-refractivity contribution in [2.75, 3.05) is 38.1 Å². The van der Waals surface area contributed by atoms with E-state index in [-0.39, 0.29) is 12.4 Å². The van der Waals surface area contributed by atoms with E-state index in [9.17, 15) is 0 Å². The van der Waals surface area contributed by atoms with E-state index in [1.165, 1.54) is 19.6 Å². The second kappa shape index (κ2) is 6.40. The summed E-state index contributed by atoms with van der Waals surface area (Å²) in [5, 5.41) is 4.42. The Morgan fingerprint density at radius 3 is 2.40 bits per heavy atom. The minimum Gasteiger partial charge on any atom is -0.314 e. The van der Waals surface area contributed by atoms with E-state index < -0.39 is 0 Å². The molecule has 0 aromatic heterocycles. The molecule has 0 unspecified atom stereocenters. The van der Waals surface area contributed by atoms with Gasteiger partial charge in [0.25, 0.3) is 0 Å². The van der Waals surface area contributed by atoms with Crippen LogP contribution in [0.3, 0.4) is 0 Å². The Bertz CT molecular complexity index is 73.4. The van der Waals surface area contributed by atoms with Crippen LogP contribution in [0.4, 0.5) is 0 Å². The SMILES string of the molecule is BrCCN1CCNCC1.Cl. The summed E-state index contributed by atoms with van der Waals surface area (Å²) in [7, 11) is 0. The van der Waals surface area contributed by atoms with E-state index in [2.05, 4.69) is 26.1 Å². The van der Waals surface area contributed by atoms with E-state index in [1.807, 2.05) is 0 Å². The van der Waals surface area contributed by atoms with Crippen molar-refractivity contribution < 1.29 is 0 Å². The zero-order valence-electron chi connectivity index (χ0n) is 5.98. The first-order valence-corrected chi connectivity index (χ1v) is 4.54. The number of hydrogen-bond acceptors (Lipinski definition) is 2. The highest BCUT2D eigenvalue weighted by Gasteiger charge is 2.06. The molecule has 4 heteroatoms. The van der Waals surface area contributed by atoms with Gasteiger partial charge in [0.15, 0.2) is 0 Å². The fourth-order valence-electron chi connectivity index (χ4n) is 1.05. The second-order valence-corrected chi connectivity index (χ2v) is 3.07. The summed E-state index contributed by atoms with van der Waals surface area (Å²) in [6.07, 6.45) is 0. The molecule has 0 aromatic carbocycles. The standard InChI is InChI=1S/C6H13BrN2.ClH/c7-1-4-9-5-2-8-3-6-9;/h8H,1-6H2;1H. The summed E-state index contributed by atoms with van der Waals surface area (Å²) < 4.78 is 0. The minimum atomic E-state index is 0. The average Bonchev–Trinajstić information content (AvgIpc) is 1.91. The predicted molar refractivity (Wildman–Crippen MR) is 50.4 cm³/mol. The van der Waals surface area contributed by atoms with Gasteiger partial charge in [-0.05, 0) is 0 Å². The van der Waals surface area contributed by atoms with E-state index in [4.69, 9.17) is 0 Å². The van der Waals surface area contributed by atoms with E-state index >= 15 is 0 Å². The number of alkyl halides is 1. The molecule has 1 aliphatic rings. The first kappa shape index (κ1) is 10.7. The van der Waals surface area contributed by atoms with Crippen LogP contribution in [0.1, 0.15) is 0 Å². The van der Waals surface area contributed by atoms with Gasteiger partial charge in [0, 0.05) is 38.1 Å². The fourth-order valence-corrected chi connectivity index (χ4v) is 1.56. The van der Waals surface area contributed by atoms with Crippen LogP contribution in [0.2, 0.25) is 0 Å². The Hall–Kier alpha value is 0.690. The van der Waals surface area contributed by atoms with Crippen molar-refractivity contribution in [2.45, 2.75) is 0 Å². The lowest BCUT2D eigenvalue weighted by molar-refractivity contribution is 0.255. The molecule has 0 saturated carbocycles. The molecule has 0 bridgehead atoms. The molecule has 1 saturated heterocycles. The Kier molecular flexibility index (Phi) is 6.85. The van der Waals surface area contributed by atoms with Gasteiger partial charge in [0.05, 0.1) is 0 Å². The van der Waals surface area contributed by atoms with Crippen LogP contribution in [0, 0.1) is 0 Å². The molecule has 1 aliphatic heterocycles. The number of rotatable bonds is 2. The van der Waals surface area contributed by atoms with Crippen molar-refractivity contribution >= 4 is 28.3 Å². The third-order valence-corrected chi connectivity index (χ3v) is 1.96. The highest BCUT2D eigenvalue weighted by molar-refractivity contribution is 9.09. The summed E-state index contributed by atoms with van der Waals surface area (Å²) >= 11 is 3.42. The molecule has 1 heterocycles. The smallest absolute Gasteiger partial charge is 0.0159 e. The molecule has 0 aliphatic carbocycles. The molecule has 1 fully saturated rings. The summed E-state index contributed by atoms with van der Waals surface area (Å²) in [5.74, 6) is 0. The van der Waals surface area contributed by atoms with Crippen molar-refractivity contribution in [3.8, 4) is 0 Å². The Labute approximate surface area is 76.9 Å². The van der Waals surface area contributed by atoms with Crippen LogP contribution in [0.5, 0.6) is 0 Å². The van der Waals surface area contributed by atoms with Crippen LogP contribution in [-0.2, 0) is 0 Å². The van der Waals surface area contributed by atoms with Crippen molar-refractivity contribution in [3.05, 3.63) is 0 Å². The molecule has 0 amide bonds. The summed E-state index contributed by atoms with van der Waals surface area (Å²) in [6.45, 7) is 5.94. The number of nitrogens with one attached hydrogen (secondary N) is 1. The van der Waals surface area contributed by atoms with E-state index in [0.29, 0.717) is 0 Å². The number of hydrogen-bond donors (Lipinski definition) is 1. The monoisotopic (exact) mass is 228 g/mol. The van der Waals surface area contributed by atoms with Crippen molar-refractivity contribution in [1.29, 1.82) is 0 Å². The van der Waals surface area contributed by atoms with Crippen molar-refractivity contribution in [3.63, 3.8) is 0 Å². The van der Waals surface area contributed by atoms with Crippen LogP contribution >= 0.6 is 28.3 Å². The molecule has 2 nitrogen and oxygen atoms in total.